The minimum atomic E-state index is -0.516. The minimum absolute atomic E-state index is 0.0617. The summed E-state index contributed by atoms with van der Waals surface area (Å²) in [4.78, 5) is 27.1. The molecule has 6 nitrogen and oxygen atoms in total. The summed E-state index contributed by atoms with van der Waals surface area (Å²) in [5.74, 6) is 0.855. The maximum Gasteiger partial charge on any atom is 0.338 e. The van der Waals surface area contributed by atoms with Gasteiger partial charge in [0.1, 0.15) is 6.10 Å². The summed E-state index contributed by atoms with van der Waals surface area (Å²) < 4.78 is 5.87. The van der Waals surface area contributed by atoms with Gasteiger partial charge in [-0.3, -0.25) is 0 Å². The van der Waals surface area contributed by atoms with Crippen LogP contribution in [0.25, 0.3) is 0 Å². The van der Waals surface area contributed by atoms with E-state index < -0.39 is 6.04 Å². The molecule has 0 unspecified atom stereocenters. The first-order chi connectivity index (χ1) is 13.3. The molecular weight excluding hydrogens is 354 g/mol. The smallest absolute Gasteiger partial charge is 0.338 e. The molecule has 152 valence electrons. The second kappa shape index (κ2) is 8.25. The summed E-state index contributed by atoms with van der Waals surface area (Å²) in [5.41, 5.74) is 2.94. The molecule has 1 aromatic rings. The molecular formula is C22H31N3O3. The van der Waals surface area contributed by atoms with Crippen LogP contribution in [0.1, 0.15) is 51.6 Å². The largest absolute Gasteiger partial charge is 0.459 e. The molecule has 3 rings (SSSR count). The number of urea groups is 1. The zero-order valence-corrected chi connectivity index (χ0v) is 17.4. The van der Waals surface area contributed by atoms with Gasteiger partial charge in [0.25, 0.3) is 0 Å². The second-order valence-electron chi connectivity index (χ2n) is 8.35. The third kappa shape index (κ3) is 4.32. The highest BCUT2D eigenvalue weighted by Crippen LogP contribution is 2.33. The highest BCUT2D eigenvalue weighted by molar-refractivity contribution is 5.95. The Morgan fingerprint density at radius 1 is 1.11 bits per heavy atom. The Morgan fingerprint density at radius 2 is 1.79 bits per heavy atom. The van der Waals surface area contributed by atoms with Crippen molar-refractivity contribution in [2.75, 3.05) is 19.0 Å². The Balaban J connectivity index is 1.82. The summed E-state index contributed by atoms with van der Waals surface area (Å²) in [6.45, 7) is 6.22. The summed E-state index contributed by atoms with van der Waals surface area (Å²) in [7, 11) is 3.94. The van der Waals surface area contributed by atoms with Crippen molar-refractivity contribution in [1.29, 1.82) is 0 Å². The number of anilines is 1. The number of carbonyl (C=O) groups is 2. The van der Waals surface area contributed by atoms with Gasteiger partial charge >= 0.3 is 12.0 Å². The maximum atomic E-state index is 13.1. The van der Waals surface area contributed by atoms with Crippen LogP contribution in [-0.4, -0.2) is 32.2 Å². The lowest BCUT2D eigenvalue weighted by atomic mass is 9.80. The van der Waals surface area contributed by atoms with E-state index in [1.807, 2.05) is 43.3 Å². The van der Waals surface area contributed by atoms with Gasteiger partial charge in [-0.25, -0.2) is 9.59 Å². The molecule has 2 amide bonds. The van der Waals surface area contributed by atoms with E-state index in [-0.39, 0.29) is 18.1 Å². The van der Waals surface area contributed by atoms with Crippen molar-refractivity contribution in [2.45, 2.75) is 52.2 Å². The molecule has 2 aliphatic rings. The van der Waals surface area contributed by atoms with Crippen LogP contribution in [-0.2, 0) is 9.53 Å². The normalized spacial score (nSPS) is 27.7. The molecule has 6 heteroatoms. The number of amides is 2. The Kier molecular flexibility index (Phi) is 5.96. The molecule has 1 aromatic carbocycles. The van der Waals surface area contributed by atoms with Crippen molar-refractivity contribution in [2.24, 2.45) is 11.8 Å². The number of esters is 1. The predicted octanol–water partition coefficient (Wildman–Crippen LogP) is 3.75. The highest BCUT2D eigenvalue weighted by Gasteiger charge is 2.34. The van der Waals surface area contributed by atoms with E-state index in [1.54, 1.807) is 6.92 Å². The van der Waals surface area contributed by atoms with E-state index in [1.165, 1.54) is 0 Å². The van der Waals surface area contributed by atoms with Gasteiger partial charge in [-0.15, -0.1) is 0 Å². The van der Waals surface area contributed by atoms with Crippen LogP contribution in [0.4, 0.5) is 10.5 Å². The van der Waals surface area contributed by atoms with Crippen molar-refractivity contribution < 1.29 is 14.3 Å². The highest BCUT2D eigenvalue weighted by atomic mass is 16.5. The molecule has 2 N–H and O–H groups in total. The number of rotatable bonds is 4. The second-order valence-corrected chi connectivity index (χ2v) is 8.35. The maximum absolute atomic E-state index is 13.1. The SMILES string of the molecule is CC1=C(C(=O)O[C@@H]2CC[C@H](C)[C@@H](C)C2)[C@H](c2ccc(N(C)C)cc2)NC(=O)N1. The lowest BCUT2D eigenvalue weighted by molar-refractivity contribution is -0.147. The molecule has 0 spiro atoms. The number of nitrogens with one attached hydrogen (secondary N) is 2. The molecule has 1 saturated carbocycles. The number of hydrogen-bond donors (Lipinski definition) is 2. The molecule has 0 aromatic heterocycles. The van der Waals surface area contributed by atoms with Crippen molar-refractivity contribution in [3.05, 3.63) is 41.1 Å². The van der Waals surface area contributed by atoms with E-state index in [2.05, 4.69) is 24.5 Å². The number of allylic oxidation sites excluding steroid dienone is 1. The summed E-state index contributed by atoms with van der Waals surface area (Å²) in [5, 5.41) is 5.59. The number of hydrogen-bond acceptors (Lipinski definition) is 4. The Morgan fingerprint density at radius 3 is 2.39 bits per heavy atom. The number of ether oxygens (including phenoxy) is 1. The van der Waals surface area contributed by atoms with Crippen LogP contribution in [0.2, 0.25) is 0 Å². The fraction of sp³-hybridized carbons (Fsp3) is 0.545. The third-order valence-corrected chi connectivity index (χ3v) is 6.06. The Hall–Kier alpha value is -2.50. The minimum Gasteiger partial charge on any atom is -0.459 e. The van der Waals surface area contributed by atoms with Gasteiger partial charge in [0, 0.05) is 25.5 Å². The van der Waals surface area contributed by atoms with Crippen LogP contribution in [0, 0.1) is 11.8 Å². The fourth-order valence-electron chi connectivity index (χ4n) is 4.00. The van der Waals surface area contributed by atoms with Gasteiger partial charge in [-0.05, 0) is 55.7 Å². The zero-order chi connectivity index (χ0) is 20.4. The van der Waals surface area contributed by atoms with Crippen LogP contribution in [0.5, 0.6) is 0 Å². The molecule has 0 saturated heterocycles. The van der Waals surface area contributed by atoms with Gasteiger partial charge in [0.05, 0.1) is 11.6 Å². The van der Waals surface area contributed by atoms with Crippen molar-refractivity contribution in [1.82, 2.24) is 10.6 Å². The molecule has 1 heterocycles. The van der Waals surface area contributed by atoms with Gasteiger partial charge in [-0.2, -0.15) is 0 Å². The predicted molar refractivity (Wildman–Crippen MR) is 110 cm³/mol. The number of benzene rings is 1. The molecule has 0 bridgehead atoms. The van der Waals surface area contributed by atoms with Gasteiger partial charge in [0.2, 0.25) is 0 Å². The monoisotopic (exact) mass is 385 g/mol. The molecule has 4 atom stereocenters. The van der Waals surface area contributed by atoms with Crippen LogP contribution in [0.3, 0.4) is 0 Å². The first-order valence-corrected chi connectivity index (χ1v) is 10.0. The van der Waals surface area contributed by atoms with Gasteiger partial charge < -0.3 is 20.3 Å². The standard InChI is InChI=1S/C22H31N3O3/c1-13-6-11-18(12-14(13)2)28-21(26)19-15(3)23-22(27)24-20(19)16-7-9-17(10-8-16)25(4)5/h7-10,13-14,18,20H,6,11-12H2,1-5H3,(H2,23,24,27)/t13-,14-,18+,20-/m0/s1. The Bertz CT molecular complexity index is 770. The molecule has 1 aliphatic heterocycles. The van der Waals surface area contributed by atoms with Gasteiger partial charge in [0.15, 0.2) is 0 Å². The molecule has 28 heavy (non-hydrogen) atoms. The average Bonchev–Trinajstić information content (AvgIpc) is 2.64. The zero-order valence-electron chi connectivity index (χ0n) is 17.4. The summed E-state index contributed by atoms with van der Waals surface area (Å²) >= 11 is 0. The van der Waals surface area contributed by atoms with E-state index >= 15 is 0 Å². The Labute approximate surface area is 167 Å². The summed E-state index contributed by atoms with van der Waals surface area (Å²) in [6.07, 6.45) is 2.79. The first kappa shape index (κ1) is 20.2. The number of nitrogens with zero attached hydrogens (tertiary/aromatic N) is 1. The number of carbonyl (C=O) groups excluding carboxylic acids is 2. The fourth-order valence-corrected chi connectivity index (χ4v) is 4.00. The average molecular weight is 386 g/mol. The van der Waals surface area contributed by atoms with Crippen molar-refractivity contribution in [3.63, 3.8) is 0 Å². The van der Waals surface area contributed by atoms with E-state index in [0.29, 0.717) is 23.1 Å². The van der Waals surface area contributed by atoms with E-state index in [9.17, 15) is 9.59 Å². The van der Waals surface area contributed by atoms with Crippen molar-refractivity contribution in [3.8, 4) is 0 Å². The molecule has 1 aliphatic carbocycles. The van der Waals surface area contributed by atoms with Gasteiger partial charge in [-0.1, -0.05) is 26.0 Å². The van der Waals surface area contributed by atoms with Crippen LogP contribution in [0.15, 0.2) is 35.5 Å². The van der Waals surface area contributed by atoms with Crippen LogP contribution < -0.4 is 15.5 Å². The molecule has 0 radical (unpaired) electrons. The van der Waals surface area contributed by atoms with Crippen LogP contribution >= 0.6 is 0 Å². The summed E-state index contributed by atoms with van der Waals surface area (Å²) in [6, 6.07) is 7.01. The quantitative estimate of drug-likeness (QED) is 0.775. The van der Waals surface area contributed by atoms with E-state index in [0.717, 1.165) is 30.5 Å². The lowest BCUT2D eigenvalue weighted by Crippen LogP contribution is -2.45. The van der Waals surface area contributed by atoms with E-state index in [4.69, 9.17) is 4.74 Å². The third-order valence-electron chi connectivity index (χ3n) is 6.06. The lowest BCUT2D eigenvalue weighted by Gasteiger charge is -2.33. The van der Waals surface area contributed by atoms with Crippen molar-refractivity contribution >= 4 is 17.7 Å². The topological polar surface area (TPSA) is 70.7 Å². The molecule has 1 fully saturated rings. The first-order valence-electron chi connectivity index (χ1n) is 10.0.